The molecule has 0 aromatic heterocycles. The van der Waals surface area contributed by atoms with Crippen molar-refractivity contribution in [3.05, 3.63) is 35.4 Å². The number of sulfonamides is 1. The Bertz CT molecular complexity index is 642. The second-order valence-electron chi connectivity index (χ2n) is 4.36. The molecule has 0 aliphatic rings. The lowest BCUT2D eigenvalue weighted by Crippen LogP contribution is -2.26. The molecule has 0 aliphatic carbocycles. The molecule has 1 amide bonds. The first kappa shape index (κ1) is 17.2. The van der Waals surface area contributed by atoms with Gasteiger partial charge in [-0.25, -0.2) is 13.1 Å². The van der Waals surface area contributed by atoms with Gasteiger partial charge in [-0.15, -0.1) is 0 Å². The lowest BCUT2D eigenvalue weighted by atomic mass is 10.1. The van der Waals surface area contributed by atoms with E-state index in [9.17, 15) is 13.2 Å². The lowest BCUT2D eigenvalue weighted by molar-refractivity contribution is 0.0963. The number of rotatable bonds is 6. The number of carbonyl (C=O) groups is 1. The molecule has 1 rings (SSSR count). The number of nitrogens with one attached hydrogen (secondary N) is 2. The van der Waals surface area contributed by atoms with Crippen LogP contribution in [0.4, 0.5) is 0 Å². The number of hydrogen-bond donors (Lipinski definition) is 2. The first-order valence-corrected chi connectivity index (χ1v) is 8.42. The average Bonchev–Trinajstić information content (AvgIpc) is 2.50. The summed E-state index contributed by atoms with van der Waals surface area (Å²) in [7, 11) is -1.54. The third-order valence-electron chi connectivity index (χ3n) is 2.77. The standard InChI is InChI=1S/C15H20N2O3S/c1-3-21(19,20)17-11-6-4-5-8-13-9-7-10-14(12-13)15(18)16-2/h7,9-10,12,17H,3-4,6,11H2,1-2H3,(H,16,18). The van der Waals surface area contributed by atoms with E-state index in [2.05, 4.69) is 21.9 Å². The van der Waals surface area contributed by atoms with Crippen LogP contribution in [0.25, 0.3) is 0 Å². The first-order chi connectivity index (χ1) is 9.98. The Balaban J connectivity index is 2.47. The summed E-state index contributed by atoms with van der Waals surface area (Å²) in [5, 5.41) is 2.56. The van der Waals surface area contributed by atoms with Gasteiger partial charge in [0.25, 0.3) is 5.91 Å². The van der Waals surface area contributed by atoms with Gasteiger partial charge in [-0.3, -0.25) is 4.79 Å². The summed E-state index contributed by atoms with van der Waals surface area (Å²) in [6.45, 7) is 1.99. The topological polar surface area (TPSA) is 75.3 Å². The first-order valence-electron chi connectivity index (χ1n) is 6.77. The summed E-state index contributed by atoms with van der Waals surface area (Å²) >= 11 is 0. The molecule has 0 aliphatic heterocycles. The Morgan fingerprint density at radius 2 is 2.10 bits per heavy atom. The molecule has 1 aromatic rings. The Hall–Kier alpha value is -1.84. The highest BCUT2D eigenvalue weighted by atomic mass is 32.2. The molecule has 0 unspecified atom stereocenters. The van der Waals surface area contributed by atoms with Crippen LogP contribution in [0.5, 0.6) is 0 Å². The van der Waals surface area contributed by atoms with E-state index in [1.807, 2.05) is 6.07 Å². The van der Waals surface area contributed by atoms with Crippen molar-refractivity contribution in [1.82, 2.24) is 10.0 Å². The quantitative estimate of drug-likeness (QED) is 0.611. The molecule has 0 saturated heterocycles. The van der Waals surface area contributed by atoms with Gasteiger partial charge in [0.05, 0.1) is 5.75 Å². The van der Waals surface area contributed by atoms with E-state index < -0.39 is 10.0 Å². The van der Waals surface area contributed by atoms with Gasteiger partial charge in [-0.1, -0.05) is 17.9 Å². The van der Waals surface area contributed by atoms with Gasteiger partial charge >= 0.3 is 0 Å². The van der Waals surface area contributed by atoms with E-state index in [1.54, 1.807) is 32.2 Å². The maximum atomic E-state index is 11.5. The van der Waals surface area contributed by atoms with Crippen LogP contribution < -0.4 is 10.0 Å². The van der Waals surface area contributed by atoms with Crippen molar-refractivity contribution in [1.29, 1.82) is 0 Å². The van der Waals surface area contributed by atoms with Crippen LogP contribution in [-0.2, 0) is 10.0 Å². The Kier molecular flexibility index (Phi) is 6.92. The van der Waals surface area contributed by atoms with Crippen LogP contribution in [0.15, 0.2) is 24.3 Å². The van der Waals surface area contributed by atoms with Crippen molar-refractivity contribution in [2.75, 3.05) is 19.3 Å². The van der Waals surface area contributed by atoms with Crippen LogP contribution in [-0.4, -0.2) is 33.7 Å². The van der Waals surface area contributed by atoms with Gasteiger partial charge in [-0.2, -0.15) is 0 Å². The molecule has 114 valence electrons. The second-order valence-corrected chi connectivity index (χ2v) is 6.46. The van der Waals surface area contributed by atoms with Crippen LogP contribution in [0.2, 0.25) is 0 Å². The molecule has 2 N–H and O–H groups in total. The molecule has 5 nitrogen and oxygen atoms in total. The van der Waals surface area contributed by atoms with Crippen LogP contribution in [0, 0.1) is 11.8 Å². The number of unbranched alkanes of at least 4 members (excludes halogenated alkanes) is 1. The van der Waals surface area contributed by atoms with Crippen LogP contribution in [0.3, 0.4) is 0 Å². The molecule has 0 atom stereocenters. The predicted molar refractivity (Wildman–Crippen MR) is 83.4 cm³/mol. The van der Waals surface area contributed by atoms with Crippen LogP contribution in [0.1, 0.15) is 35.7 Å². The Morgan fingerprint density at radius 3 is 2.76 bits per heavy atom. The summed E-state index contributed by atoms with van der Waals surface area (Å²) in [6.07, 6.45) is 1.25. The minimum Gasteiger partial charge on any atom is -0.355 e. The minimum atomic E-state index is -3.12. The summed E-state index contributed by atoms with van der Waals surface area (Å²) in [6, 6.07) is 7.07. The van der Waals surface area contributed by atoms with Crippen molar-refractivity contribution in [3.63, 3.8) is 0 Å². The van der Waals surface area contributed by atoms with Crippen molar-refractivity contribution in [2.24, 2.45) is 0 Å². The molecule has 6 heteroatoms. The Morgan fingerprint density at radius 1 is 1.33 bits per heavy atom. The van der Waals surface area contributed by atoms with E-state index in [0.717, 1.165) is 5.56 Å². The van der Waals surface area contributed by atoms with Crippen molar-refractivity contribution < 1.29 is 13.2 Å². The molecular formula is C15H20N2O3S. The minimum absolute atomic E-state index is 0.0883. The fraction of sp³-hybridized carbons (Fsp3) is 0.400. The molecule has 0 radical (unpaired) electrons. The van der Waals surface area contributed by atoms with E-state index in [0.29, 0.717) is 24.9 Å². The SMILES string of the molecule is CCS(=O)(=O)NCCCC#Cc1cccc(C(=O)NC)c1. The zero-order chi connectivity index (χ0) is 15.7. The molecular weight excluding hydrogens is 288 g/mol. The number of benzene rings is 1. The summed E-state index contributed by atoms with van der Waals surface area (Å²) in [4.78, 5) is 11.5. The van der Waals surface area contributed by atoms with E-state index in [4.69, 9.17) is 0 Å². The molecule has 0 bridgehead atoms. The zero-order valence-electron chi connectivity index (χ0n) is 12.3. The highest BCUT2D eigenvalue weighted by Crippen LogP contribution is 2.04. The molecule has 1 aromatic carbocycles. The maximum absolute atomic E-state index is 11.5. The second kappa shape index (κ2) is 8.45. The monoisotopic (exact) mass is 308 g/mol. The fourth-order valence-electron chi connectivity index (χ4n) is 1.55. The third-order valence-corrected chi connectivity index (χ3v) is 4.17. The van der Waals surface area contributed by atoms with Gasteiger partial charge in [0.1, 0.15) is 0 Å². The third kappa shape index (κ3) is 6.43. The van der Waals surface area contributed by atoms with Crippen LogP contribution >= 0.6 is 0 Å². The van der Waals surface area contributed by atoms with Gasteiger partial charge in [-0.05, 0) is 31.5 Å². The van der Waals surface area contributed by atoms with Crippen molar-refractivity contribution in [3.8, 4) is 11.8 Å². The largest absolute Gasteiger partial charge is 0.355 e. The zero-order valence-corrected chi connectivity index (χ0v) is 13.1. The summed E-state index contributed by atoms with van der Waals surface area (Å²) in [5.74, 6) is 5.88. The number of amides is 1. The molecule has 0 saturated carbocycles. The van der Waals surface area contributed by atoms with Crippen molar-refractivity contribution in [2.45, 2.75) is 19.8 Å². The fourth-order valence-corrected chi connectivity index (χ4v) is 2.21. The van der Waals surface area contributed by atoms with Gasteiger partial charge in [0.2, 0.25) is 10.0 Å². The van der Waals surface area contributed by atoms with Gasteiger partial charge in [0, 0.05) is 31.1 Å². The van der Waals surface area contributed by atoms with Gasteiger partial charge < -0.3 is 5.32 Å². The predicted octanol–water partition coefficient (Wildman–Crippen LogP) is 1.12. The number of carbonyl (C=O) groups excluding carboxylic acids is 1. The van der Waals surface area contributed by atoms with E-state index in [-0.39, 0.29) is 11.7 Å². The van der Waals surface area contributed by atoms with Crippen molar-refractivity contribution >= 4 is 15.9 Å². The van der Waals surface area contributed by atoms with Gasteiger partial charge in [0.15, 0.2) is 0 Å². The normalized spacial score (nSPS) is 10.6. The van der Waals surface area contributed by atoms with E-state index >= 15 is 0 Å². The smallest absolute Gasteiger partial charge is 0.251 e. The highest BCUT2D eigenvalue weighted by Gasteiger charge is 2.04. The molecule has 0 spiro atoms. The summed E-state index contributed by atoms with van der Waals surface area (Å²) < 4.78 is 24.9. The lowest BCUT2D eigenvalue weighted by Gasteiger charge is -2.01. The van der Waals surface area contributed by atoms with E-state index in [1.165, 1.54) is 0 Å². The maximum Gasteiger partial charge on any atom is 0.251 e. The number of hydrogen-bond acceptors (Lipinski definition) is 3. The highest BCUT2D eigenvalue weighted by molar-refractivity contribution is 7.89. The average molecular weight is 308 g/mol. The Labute approximate surface area is 126 Å². The molecule has 21 heavy (non-hydrogen) atoms. The molecule has 0 heterocycles. The molecule has 0 fully saturated rings. The summed E-state index contributed by atoms with van der Waals surface area (Å²) in [5.41, 5.74) is 1.34.